The first-order chi connectivity index (χ1) is 12.2. The molecular formula is C16H14BrFN6S. The fourth-order valence-corrected chi connectivity index (χ4v) is 3.98. The predicted molar refractivity (Wildman–Crippen MR) is 99.5 cm³/mol. The Morgan fingerprint density at radius 3 is 2.56 bits per heavy atom. The highest BCUT2D eigenvalue weighted by atomic mass is 79.9. The maximum Gasteiger partial charge on any atom is 0.208 e. The Balaban J connectivity index is 1.48. The lowest BCUT2D eigenvalue weighted by atomic mass is 10.2. The lowest BCUT2D eigenvalue weighted by Gasteiger charge is -2.34. The second-order valence-electron chi connectivity index (χ2n) is 5.57. The summed E-state index contributed by atoms with van der Waals surface area (Å²) in [5.41, 5.74) is 0.469. The molecule has 0 atom stereocenters. The van der Waals surface area contributed by atoms with Crippen LogP contribution >= 0.6 is 27.3 Å². The average Bonchev–Trinajstić information content (AvgIpc) is 3.14. The summed E-state index contributed by atoms with van der Waals surface area (Å²) in [6.07, 6.45) is 1.67. The average molecular weight is 421 g/mol. The number of benzene rings is 1. The van der Waals surface area contributed by atoms with E-state index < -0.39 is 0 Å². The van der Waals surface area contributed by atoms with Gasteiger partial charge in [0.05, 0.1) is 0 Å². The maximum atomic E-state index is 14.0. The van der Waals surface area contributed by atoms with Crippen molar-refractivity contribution in [3.63, 3.8) is 0 Å². The molecule has 4 rings (SSSR count). The van der Waals surface area contributed by atoms with Gasteiger partial charge in [0, 0.05) is 42.4 Å². The summed E-state index contributed by atoms with van der Waals surface area (Å²) in [7, 11) is 0. The molecule has 9 heteroatoms. The first-order valence-corrected chi connectivity index (χ1v) is 9.38. The second-order valence-corrected chi connectivity index (χ2v) is 7.44. The van der Waals surface area contributed by atoms with E-state index in [4.69, 9.17) is 0 Å². The standard InChI is InChI=1S/C16H14BrFN6S/c17-11-3-4-13(18)12(10-11)15-21-22-16(25-15)24-8-6-23(7-9-24)14-2-1-5-19-20-14/h1-5,10H,6-9H2. The summed E-state index contributed by atoms with van der Waals surface area (Å²) in [4.78, 5) is 4.36. The third-order valence-corrected chi connectivity index (χ3v) is 5.52. The third-order valence-electron chi connectivity index (χ3n) is 4.01. The molecular weight excluding hydrogens is 407 g/mol. The van der Waals surface area contributed by atoms with Gasteiger partial charge in [-0.25, -0.2) is 4.39 Å². The Kier molecular flexibility index (Phi) is 4.58. The summed E-state index contributed by atoms with van der Waals surface area (Å²) in [6.45, 7) is 3.29. The smallest absolute Gasteiger partial charge is 0.208 e. The molecule has 1 aromatic carbocycles. The Morgan fingerprint density at radius 2 is 1.80 bits per heavy atom. The van der Waals surface area contributed by atoms with Gasteiger partial charge < -0.3 is 9.80 Å². The molecule has 0 unspecified atom stereocenters. The number of rotatable bonds is 3. The van der Waals surface area contributed by atoms with Gasteiger partial charge in [0.1, 0.15) is 5.82 Å². The fraction of sp³-hybridized carbons (Fsp3) is 0.250. The quantitative estimate of drug-likeness (QED) is 0.648. The summed E-state index contributed by atoms with van der Waals surface area (Å²) in [5.74, 6) is 0.592. The van der Waals surface area contributed by atoms with Crippen LogP contribution in [0.1, 0.15) is 0 Å². The van der Waals surface area contributed by atoms with Gasteiger partial charge in [0.15, 0.2) is 10.8 Å². The van der Waals surface area contributed by atoms with Crippen LogP contribution in [0.15, 0.2) is 41.0 Å². The minimum absolute atomic E-state index is 0.293. The lowest BCUT2D eigenvalue weighted by molar-refractivity contribution is 0.630. The summed E-state index contributed by atoms with van der Waals surface area (Å²) < 4.78 is 14.8. The van der Waals surface area contributed by atoms with Crippen molar-refractivity contribution in [2.45, 2.75) is 0 Å². The normalized spacial score (nSPS) is 14.8. The van der Waals surface area contributed by atoms with Crippen LogP contribution in [0.4, 0.5) is 15.3 Å². The summed E-state index contributed by atoms with van der Waals surface area (Å²) in [6, 6.07) is 8.68. The van der Waals surface area contributed by atoms with Crippen molar-refractivity contribution in [1.29, 1.82) is 0 Å². The van der Waals surface area contributed by atoms with Crippen molar-refractivity contribution in [2.24, 2.45) is 0 Å². The van der Waals surface area contributed by atoms with Gasteiger partial charge in [-0.15, -0.1) is 15.3 Å². The van der Waals surface area contributed by atoms with Crippen LogP contribution in [-0.4, -0.2) is 46.6 Å². The van der Waals surface area contributed by atoms with Crippen molar-refractivity contribution in [3.05, 3.63) is 46.8 Å². The van der Waals surface area contributed by atoms with Crippen LogP contribution in [0.5, 0.6) is 0 Å². The van der Waals surface area contributed by atoms with Gasteiger partial charge in [0.2, 0.25) is 5.13 Å². The molecule has 0 aliphatic carbocycles. The van der Waals surface area contributed by atoms with Gasteiger partial charge in [-0.3, -0.25) is 0 Å². The molecule has 0 N–H and O–H groups in total. The number of hydrogen-bond donors (Lipinski definition) is 0. The van der Waals surface area contributed by atoms with Crippen LogP contribution in [0.3, 0.4) is 0 Å². The SMILES string of the molecule is Fc1ccc(Br)cc1-c1nnc(N2CCN(c3cccnn3)CC2)s1. The van der Waals surface area contributed by atoms with E-state index in [2.05, 4.69) is 46.1 Å². The Labute approximate surface area is 156 Å². The van der Waals surface area contributed by atoms with Crippen LogP contribution in [-0.2, 0) is 0 Å². The van der Waals surface area contributed by atoms with Crippen LogP contribution < -0.4 is 9.80 Å². The minimum Gasteiger partial charge on any atom is -0.352 e. The molecule has 1 aliphatic heterocycles. The van der Waals surface area contributed by atoms with E-state index in [1.54, 1.807) is 18.3 Å². The van der Waals surface area contributed by atoms with E-state index >= 15 is 0 Å². The number of anilines is 2. The van der Waals surface area contributed by atoms with Crippen LogP contribution in [0.25, 0.3) is 10.6 Å². The zero-order valence-electron chi connectivity index (χ0n) is 13.1. The van der Waals surface area contributed by atoms with E-state index in [0.717, 1.165) is 41.6 Å². The monoisotopic (exact) mass is 420 g/mol. The van der Waals surface area contributed by atoms with E-state index in [0.29, 0.717) is 10.6 Å². The van der Waals surface area contributed by atoms with Crippen molar-refractivity contribution >= 4 is 38.2 Å². The molecule has 0 radical (unpaired) electrons. The molecule has 1 aliphatic rings. The highest BCUT2D eigenvalue weighted by Crippen LogP contribution is 2.32. The first kappa shape index (κ1) is 16.3. The van der Waals surface area contributed by atoms with E-state index in [1.807, 2.05) is 12.1 Å². The van der Waals surface area contributed by atoms with Gasteiger partial charge in [-0.1, -0.05) is 27.3 Å². The molecule has 0 amide bonds. The molecule has 0 saturated carbocycles. The summed E-state index contributed by atoms with van der Waals surface area (Å²) in [5, 5.41) is 17.9. The van der Waals surface area contributed by atoms with Crippen LogP contribution in [0.2, 0.25) is 0 Å². The second kappa shape index (κ2) is 7.01. The van der Waals surface area contributed by atoms with Crippen molar-refractivity contribution < 1.29 is 4.39 Å². The largest absolute Gasteiger partial charge is 0.352 e. The molecule has 0 bridgehead atoms. The Bertz CT molecular complexity index is 866. The highest BCUT2D eigenvalue weighted by Gasteiger charge is 2.22. The van der Waals surface area contributed by atoms with E-state index in [1.165, 1.54) is 17.4 Å². The molecule has 1 fully saturated rings. The molecule has 0 spiro atoms. The van der Waals surface area contributed by atoms with Crippen LogP contribution in [0, 0.1) is 5.82 Å². The third kappa shape index (κ3) is 3.47. The van der Waals surface area contributed by atoms with E-state index in [-0.39, 0.29) is 5.82 Å². The molecule has 128 valence electrons. The number of halogens is 2. The number of aromatic nitrogens is 4. The van der Waals surface area contributed by atoms with Gasteiger partial charge in [0.25, 0.3) is 0 Å². The first-order valence-electron chi connectivity index (χ1n) is 7.77. The van der Waals surface area contributed by atoms with Crippen molar-refractivity contribution in [1.82, 2.24) is 20.4 Å². The number of hydrogen-bond acceptors (Lipinski definition) is 7. The Hall–Kier alpha value is -2.13. The van der Waals surface area contributed by atoms with Crippen molar-refractivity contribution in [2.75, 3.05) is 36.0 Å². The fourth-order valence-electron chi connectivity index (χ4n) is 2.70. The Morgan fingerprint density at radius 1 is 1.00 bits per heavy atom. The van der Waals surface area contributed by atoms with Gasteiger partial charge >= 0.3 is 0 Å². The van der Waals surface area contributed by atoms with Crippen molar-refractivity contribution in [3.8, 4) is 10.6 Å². The molecule has 3 heterocycles. The lowest BCUT2D eigenvalue weighted by Crippen LogP contribution is -2.46. The highest BCUT2D eigenvalue weighted by molar-refractivity contribution is 9.10. The topological polar surface area (TPSA) is 58.0 Å². The van der Waals surface area contributed by atoms with Gasteiger partial charge in [-0.2, -0.15) is 5.10 Å². The van der Waals surface area contributed by atoms with E-state index in [9.17, 15) is 4.39 Å². The molecule has 25 heavy (non-hydrogen) atoms. The summed E-state index contributed by atoms with van der Waals surface area (Å²) >= 11 is 4.78. The van der Waals surface area contributed by atoms with Gasteiger partial charge in [-0.05, 0) is 30.3 Å². The number of piperazine rings is 1. The zero-order valence-corrected chi connectivity index (χ0v) is 15.5. The molecule has 1 saturated heterocycles. The molecule has 6 nitrogen and oxygen atoms in total. The zero-order chi connectivity index (χ0) is 17.2. The number of nitrogens with zero attached hydrogens (tertiary/aromatic N) is 6. The molecule has 3 aromatic rings. The maximum absolute atomic E-state index is 14.0. The predicted octanol–water partition coefficient (Wildman–Crippen LogP) is 3.22. The molecule has 2 aromatic heterocycles. The minimum atomic E-state index is -0.293.